The summed E-state index contributed by atoms with van der Waals surface area (Å²) >= 11 is 0. The van der Waals surface area contributed by atoms with E-state index in [4.69, 9.17) is 29.1 Å². The van der Waals surface area contributed by atoms with Gasteiger partial charge in [0.1, 0.15) is 0 Å². The molecule has 8 atom stereocenters. The van der Waals surface area contributed by atoms with Crippen LogP contribution in [0.2, 0.25) is 0 Å². The average molecular weight is 384 g/mol. The lowest BCUT2D eigenvalue weighted by Crippen LogP contribution is -2.70. The highest BCUT2D eigenvalue weighted by atomic mass is 17.3. The molecule has 0 unspecified atom stereocenters. The Morgan fingerprint density at radius 1 is 1.11 bits per heavy atom. The molecule has 5 aliphatic rings. The van der Waals surface area contributed by atoms with Crippen LogP contribution in [0.4, 0.5) is 0 Å². The third-order valence-electron chi connectivity index (χ3n) is 6.89. The second-order valence-corrected chi connectivity index (χ2v) is 8.66. The van der Waals surface area contributed by atoms with E-state index in [1.165, 1.54) is 0 Å². The first-order chi connectivity index (χ1) is 12.7. The number of fused-ring (bicyclic) bond motifs is 2. The summed E-state index contributed by atoms with van der Waals surface area (Å²) in [4.78, 5) is 34.5. The van der Waals surface area contributed by atoms with E-state index < -0.39 is 35.9 Å². The van der Waals surface area contributed by atoms with E-state index in [0.717, 1.165) is 19.3 Å². The SMILES string of the molecule is C[C@@H]1[C@H](OC(=O)CCC(=O)O)O[C@H]2O[C@]3(C)CC[C@H]4[C@@H](C)CC[C@@H]1[C@]24OO3. The van der Waals surface area contributed by atoms with Gasteiger partial charge in [-0.05, 0) is 38.0 Å². The highest BCUT2D eigenvalue weighted by molar-refractivity contribution is 5.76. The Labute approximate surface area is 158 Å². The van der Waals surface area contributed by atoms with Gasteiger partial charge in [-0.25, -0.2) is 9.78 Å². The molecule has 0 radical (unpaired) electrons. The minimum absolute atomic E-state index is 0.0670. The van der Waals surface area contributed by atoms with Crippen LogP contribution in [-0.4, -0.2) is 41.0 Å². The van der Waals surface area contributed by atoms with Gasteiger partial charge < -0.3 is 19.3 Å². The Balaban J connectivity index is 1.58. The van der Waals surface area contributed by atoms with Gasteiger partial charge in [0.2, 0.25) is 12.1 Å². The third kappa shape index (κ3) is 3.06. The minimum Gasteiger partial charge on any atom is -0.481 e. The smallest absolute Gasteiger partial charge is 0.308 e. The van der Waals surface area contributed by atoms with Gasteiger partial charge in [-0.15, -0.1) is 0 Å². The van der Waals surface area contributed by atoms with Crippen molar-refractivity contribution in [3.05, 3.63) is 0 Å². The van der Waals surface area contributed by atoms with E-state index in [1.807, 2.05) is 13.8 Å². The van der Waals surface area contributed by atoms with Crippen molar-refractivity contribution < 1.29 is 38.7 Å². The maximum Gasteiger partial charge on any atom is 0.308 e. The van der Waals surface area contributed by atoms with Crippen molar-refractivity contribution in [3.8, 4) is 0 Å². The summed E-state index contributed by atoms with van der Waals surface area (Å²) in [5, 5.41) is 8.76. The van der Waals surface area contributed by atoms with Crippen molar-refractivity contribution in [2.24, 2.45) is 23.7 Å². The van der Waals surface area contributed by atoms with Crippen molar-refractivity contribution in [2.45, 2.75) is 83.3 Å². The molecule has 8 nitrogen and oxygen atoms in total. The molecule has 1 aliphatic carbocycles. The molecule has 2 bridgehead atoms. The molecule has 1 saturated carbocycles. The number of hydrogen-bond acceptors (Lipinski definition) is 7. The van der Waals surface area contributed by atoms with Crippen LogP contribution in [0, 0.1) is 23.7 Å². The summed E-state index contributed by atoms with van der Waals surface area (Å²) in [6.07, 6.45) is 1.72. The van der Waals surface area contributed by atoms with E-state index in [1.54, 1.807) is 0 Å². The van der Waals surface area contributed by atoms with E-state index in [0.29, 0.717) is 12.3 Å². The Morgan fingerprint density at radius 3 is 2.63 bits per heavy atom. The molecule has 4 aliphatic heterocycles. The van der Waals surface area contributed by atoms with Crippen LogP contribution in [0.3, 0.4) is 0 Å². The van der Waals surface area contributed by atoms with Crippen LogP contribution in [0.1, 0.15) is 59.3 Å². The Morgan fingerprint density at radius 2 is 1.89 bits per heavy atom. The predicted molar refractivity (Wildman–Crippen MR) is 89.8 cm³/mol. The molecule has 0 amide bonds. The lowest BCUT2D eigenvalue weighted by Gasteiger charge is -2.59. The molecule has 8 heteroatoms. The molecule has 1 N–H and O–H groups in total. The zero-order valence-corrected chi connectivity index (χ0v) is 16.0. The maximum absolute atomic E-state index is 12.1. The predicted octanol–water partition coefficient (Wildman–Crippen LogP) is 2.60. The number of esters is 1. The molecular weight excluding hydrogens is 356 g/mol. The van der Waals surface area contributed by atoms with E-state index in [-0.39, 0.29) is 30.6 Å². The fraction of sp³-hybridized carbons (Fsp3) is 0.895. The number of carbonyl (C=O) groups is 2. The quantitative estimate of drug-likeness (QED) is 0.583. The fourth-order valence-corrected chi connectivity index (χ4v) is 5.40. The van der Waals surface area contributed by atoms with Gasteiger partial charge in [0.05, 0.1) is 12.8 Å². The molecular formula is C19H28O8. The number of carboxylic acid groups (broad SMARTS) is 1. The first-order valence-corrected chi connectivity index (χ1v) is 9.86. The standard InChI is InChI=1S/C19H28O8/c1-10-4-5-13-11(2)16(23-15(22)7-6-14(20)21)24-17-19(13)12(10)8-9-18(3,25-17)26-27-19/h10-13,16-17H,4-9H2,1-3H3,(H,20,21)/t10-,11-,12-,13-,16+,17-,18-,19-/m0/s1. The summed E-state index contributed by atoms with van der Waals surface area (Å²) in [7, 11) is 0. The van der Waals surface area contributed by atoms with Crippen LogP contribution in [0.25, 0.3) is 0 Å². The summed E-state index contributed by atoms with van der Waals surface area (Å²) in [6.45, 7) is 6.06. The van der Waals surface area contributed by atoms with Crippen molar-refractivity contribution in [1.29, 1.82) is 0 Å². The van der Waals surface area contributed by atoms with Crippen LogP contribution in [0.5, 0.6) is 0 Å². The first-order valence-electron chi connectivity index (χ1n) is 9.86. The molecule has 4 heterocycles. The van der Waals surface area contributed by atoms with Gasteiger partial charge in [0.15, 0.2) is 11.9 Å². The van der Waals surface area contributed by atoms with Crippen LogP contribution >= 0.6 is 0 Å². The van der Waals surface area contributed by atoms with Gasteiger partial charge in [-0.3, -0.25) is 9.59 Å². The van der Waals surface area contributed by atoms with E-state index in [2.05, 4.69) is 6.92 Å². The molecule has 152 valence electrons. The zero-order chi connectivity index (χ0) is 19.4. The number of ether oxygens (including phenoxy) is 3. The van der Waals surface area contributed by atoms with Crippen molar-refractivity contribution >= 4 is 11.9 Å². The third-order valence-corrected chi connectivity index (χ3v) is 6.89. The lowest BCUT2D eigenvalue weighted by atomic mass is 9.58. The molecule has 0 aromatic carbocycles. The molecule has 27 heavy (non-hydrogen) atoms. The summed E-state index contributed by atoms with van der Waals surface area (Å²) < 4.78 is 17.8. The summed E-state index contributed by atoms with van der Waals surface area (Å²) in [6, 6.07) is 0. The van der Waals surface area contributed by atoms with Gasteiger partial charge >= 0.3 is 11.9 Å². The molecule has 1 spiro atoms. The number of hydrogen-bond donors (Lipinski definition) is 1. The number of carboxylic acids is 1. The maximum atomic E-state index is 12.1. The average Bonchev–Trinajstić information content (AvgIpc) is 2.84. The minimum atomic E-state index is -1.03. The van der Waals surface area contributed by atoms with Crippen LogP contribution < -0.4 is 0 Å². The molecule has 4 saturated heterocycles. The fourth-order valence-electron chi connectivity index (χ4n) is 5.40. The Bertz CT molecular complexity index is 623. The molecule has 5 fully saturated rings. The zero-order valence-electron chi connectivity index (χ0n) is 16.0. The number of aliphatic carboxylic acids is 1. The monoisotopic (exact) mass is 384 g/mol. The van der Waals surface area contributed by atoms with E-state index in [9.17, 15) is 9.59 Å². The lowest BCUT2D eigenvalue weighted by molar-refractivity contribution is -0.576. The second kappa shape index (κ2) is 6.69. The normalized spacial score (nSPS) is 48.4. The van der Waals surface area contributed by atoms with Gasteiger partial charge in [0.25, 0.3) is 0 Å². The van der Waals surface area contributed by atoms with Crippen molar-refractivity contribution in [2.75, 3.05) is 0 Å². The highest BCUT2D eigenvalue weighted by Gasteiger charge is 2.69. The summed E-state index contributed by atoms with van der Waals surface area (Å²) in [5.41, 5.74) is -0.697. The Hall–Kier alpha value is -1.22. The molecule has 5 rings (SSSR count). The summed E-state index contributed by atoms with van der Waals surface area (Å²) in [5.74, 6) is -1.82. The number of rotatable bonds is 4. The highest BCUT2D eigenvalue weighted by Crippen LogP contribution is 2.60. The van der Waals surface area contributed by atoms with Crippen LogP contribution in [0.15, 0.2) is 0 Å². The first kappa shape index (κ1) is 19.1. The number of carbonyl (C=O) groups excluding carboxylic acids is 1. The molecule has 0 aromatic rings. The van der Waals surface area contributed by atoms with Gasteiger partial charge in [0, 0.05) is 18.3 Å². The van der Waals surface area contributed by atoms with Crippen molar-refractivity contribution in [1.82, 2.24) is 0 Å². The topological polar surface area (TPSA) is 101 Å². The van der Waals surface area contributed by atoms with Gasteiger partial charge in [-0.1, -0.05) is 13.8 Å². The van der Waals surface area contributed by atoms with Crippen LogP contribution in [-0.2, 0) is 33.6 Å². The molecule has 0 aromatic heterocycles. The van der Waals surface area contributed by atoms with Gasteiger partial charge in [-0.2, -0.15) is 0 Å². The second-order valence-electron chi connectivity index (χ2n) is 8.66. The van der Waals surface area contributed by atoms with E-state index >= 15 is 0 Å². The Kier molecular flexibility index (Phi) is 4.73. The largest absolute Gasteiger partial charge is 0.481 e. The van der Waals surface area contributed by atoms with Crippen molar-refractivity contribution in [3.63, 3.8) is 0 Å².